The van der Waals surface area contributed by atoms with Crippen LogP contribution in [0.25, 0.3) is 11.0 Å². The summed E-state index contributed by atoms with van der Waals surface area (Å²) in [6.07, 6.45) is -1.72. The van der Waals surface area contributed by atoms with E-state index in [1.165, 1.54) is 20.2 Å². The Morgan fingerprint density at radius 3 is 2.69 bits per heavy atom. The van der Waals surface area contributed by atoms with E-state index in [9.17, 15) is 28.0 Å². The van der Waals surface area contributed by atoms with Gasteiger partial charge in [0, 0.05) is 39.4 Å². The van der Waals surface area contributed by atoms with E-state index in [4.69, 9.17) is 0 Å². The first kappa shape index (κ1) is 24.2. The lowest BCUT2D eigenvalue weighted by molar-refractivity contribution is -0.139. The number of halogens is 3. The molecule has 0 radical (unpaired) electrons. The smallest absolute Gasteiger partial charge is 0.354 e. The first-order chi connectivity index (χ1) is 16.6. The molecule has 0 spiro atoms. The molecule has 0 aliphatic carbocycles. The second-order valence-corrected chi connectivity index (χ2v) is 8.25. The topological polar surface area (TPSA) is 118 Å². The average molecular weight is 485 g/mol. The molecular formula is C23H22F3N7O2. The lowest BCUT2D eigenvalue weighted by Gasteiger charge is -2.39. The maximum absolute atomic E-state index is 13.2. The van der Waals surface area contributed by atoms with Gasteiger partial charge in [-0.15, -0.1) is 0 Å². The summed E-state index contributed by atoms with van der Waals surface area (Å²) in [6.45, 7) is 3.19. The molecule has 2 N–H and O–H groups in total. The standard InChI is InChI=1S/C23H22F3N7O2/c1-13-19(23(24,25)26)22(35)31-18-7-14(9-30-20(13)18)11-32-5-6-33(16(8-27)12-32)15-3-4-17(29-10-15)21(34)28-2/h3-4,7,9-10,16H,5-6,11-12H2,1-2H3,(H,28,34)(H,31,35). The second kappa shape index (κ2) is 9.34. The summed E-state index contributed by atoms with van der Waals surface area (Å²) in [4.78, 5) is 38.3. The van der Waals surface area contributed by atoms with Crippen LogP contribution in [0.3, 0.4) is 0 Å². The van der Waals surface area contributed by atoms with Gasteiger partial charge in [0.25, 0.3) is 11.5 Å². The molecule has 1 aliphatic rings. The van der Waals surface area contributed by atoms with Gasteiger partial charge in [-0.2, -0.15) is 18.4 Å². The van der Waals surface area contributed by atoms with Crippen molar-refractivity contribution in [2.45, 2.75) is 25.7 Å². The number of alkyl halides is 3. The molecule has 4 rings (SSSR count). The van der Waals surface area contributed by atoms with Crippen LogP contribution in [-0.4, -0.2) is 58.5 Å². The number of aryl methyl sites for hydroxylation is 1. The number of fused-ring (bicyclic) bond motifs is 1. The molecule has 182 valence electrons. The van der Waals surface area contributed by atoms with Crippen molar-refractivity contribution >= 4 is 22.6 Å². The van der Waals surface area contributed by atoms with Crippen LogP contribution in [0.4, 0.5) is 18.9 Å². The Bertz CT molecular complexity index is 1360. The van der Waals surface area contributed by atoms with Crippen LogP contribution in [0.1, 0.15) is 27.2 Å². The van der Waals surface area contributed by atoms with Crippen molar-refractivity contribution in [3.8, 4) is 6.07 Å². The fraction of sp³-hybridized carbons (Fsp3) is 0.348. The van der Waals surface area contributed by atoms with E-state index >= 15 is 0 Å². The van der Waals surface area contributed by atoms with Crippen molar-refractivity contribution in [1.82, 2.24) is 25.2 Å². The minimum Gasteiger partial charge on any atom is -0.354 e. The highest BCUT2D eigenvalue weighted by Crippen LogP contribution is 2.31. The summed E-state index contributed by atoms with van der Waals surface area (Å²) >= 11 is 0. The maximum Gasteiger partial charge on any atom is 0.422 e. The highest BCUT2D eigenvalue weighted by atomic mass is 19.4. The number of anilines is 1. The fourth-order valence-electron chi connectivity index (χ4n) is 4.28. The Labute approximate surface area is 198 Å². The molecule has 1 saturated heterocycles. The molecule has 1 atom stereocenters. The molecule has 3 aromatic heterocycles. The number of nitrogens with one attached hydrogen (secondary N) is 2. The molecule has 1 aliphatic heterocycles. The van der Waals surface area contributed by atoms with E-state index in [1.807, 2.05) is 9.80 Å². The first-order valence-corrected chi connectivity index (χ1v) is 10.8. The van der Waals surface area contributed by atoms with Gasteiger partial charge in [-0.1, -0.05) is 0 Å². The number of H-pyrrole nitrogens is 1. The van der Waals surface area contributed by atoms with Crippen LogP contribution < -0.4 is 15.8 Å². The van der Waals surface area contributed by atoms with Crippen LogP contribution in [0, 0.1) is 18.3 Å². The molecule has 4 heterocycles. The van der Waals surface area contributed by atoms with Crippen LogP contribution in [-0.2, 0) is 12.7 Å². The summed E-state index contributed by atoms with van der Waals surface area (Å²) in [5, 5.41) is 12.2. The molecule has 35 heavy (non-hydrogen) atoms. The first-order valence-electron chi connectivity index (χ1n) is 10.8. The molecule has 0 bridgehead atoms. The normalized spacial score (nSPS) is 16.8. The Morgan fingerprint density at radius 1 is 1.29 bits per heavy atom. The summed E-state index contributed by atoms with van der Waals surface area (Å²) in [7, 11) is 1.52. The molecule has 1 amide bonds. The van der Waals surface area contributed by atoms with Gasteiger partial charge in [-0.05, 0) is 36.2 Å². The van der Waals surface area contributed by atoms with Gasteiger partial charge >= 0.3 is 6.18 Å². The van der Waals surface area contributed by atoms with Crippen LogP contribution in [0.15, 0.2) is 35.4 Å². The highest BCUT2D eigenvalue weighted by Gasteiger charge is 2.37. The van der Waals surface area contributed by atoms with E-state index in [-0.39, 0.29) is 28.2 Å². The summed E-state index contributed by atoms with van der Waals surface area (Å²) in [6, 6.07) is 6.78. The summed E-state index contributed by atoms with van der Waals surface area (Å²) in [5.74, 6) is -0.298. The molecule has 3 aromatic rings. The van der Waals surface area contributed by atoms with E-state index in [1.54, 1.807) is 24.4 Å². The molecule has 1 fully saturated rings. The molecular weight excluding hydrogens is 463 g/mol. The van der Waals surface area contributed by atoms with Gasteiger partial charge in [0.15, 0.2) is 0 Å². The van der Waals surface area contributed by atoms with E-state index in [2.05, 4.69) is 26.3 Å². The zero-order valence-corrected chi connectivity index (χ0v) is 19.0. The number of pyridine rings is 3. The lowest BCUT2D eigenvalue weighted by Crippen LogP contribution is -2.52. The monoisotopic (exact) mass is 485 g/mol. The Morgan fingerprint density at radius 2 is 2.06 bits per heavy atom. The maximum atomic E-state index is 13.2. The van der Waals surface area contributed by atoms with Crippen LogP contribution in [0.5, 0.6) is 0 Å². The molecule has 0 aromatic carbocycles. The number of amides is 1. The largest absolute Gasteiger partial charge is 0.422 e. The van der Waals surface area contributed by atoms with Crippen LogP contribution >= 0.6 is 0 Å². The molecule has 0 saturated carbocycles. The number of rotatable bonds is 4. The molecule has 12 heteroatoms. The van der Waals surface area contributed by atoms with Crippen molar-refractivity contribution in [3.05, 3.63) is 63.3 Å². The molecule has 9 nitrogen and oxygen atoms in total. The van der Waals surface area contributed by atoms with Crippen molar-refractivity contribution in [3.63, 3.8) is 0 Å². The quantitative estimate of drug-likeness (QED) is 0.582. The van der Waals surface area contributed by atoms with E-state index < -0.39 is 23.3 Å². The third-order valence-corrected chi connectivity index (χ3v) is 5.99. The Hall–Kier alpha value is -3.98. The van der Waals surface area contributed by atoms with E-state index in [0.29, 0.717) is 31.7 Å². The number of nitrogens with zero attached hydrogens (tertiary/aromatic N) is 5. The third-order valence-electron chi connectivity index (χ3n) is 5.99. The Kier molecular flexibility index (Phi) is 6.45. The minimum absolute atomic E-state index is 0.0908. The van der Waals surface area contributed by atoms with Crippen molar-refractivity contribution < 1.29 is 18.0 Å². The highest BCUT2D eigenvalue weighted by molar-refractivity contribution is 5.92. The van der Waals surface area contributed by atoms with Gasteiger partial charge in [0.2, 0.25) is 0 Å². The van der Waals surface area contributed by atoms with E-state index in [0.717, 1.165) is 5.69 Å². The second-order valence-electron chi connectivity index (χ2n) is 8.25. The number of hydrogen-bond acceptors (Lipinski definition) is 7. The predicted molar refractivity (Wildman–Crippen MR) is 122 cm³/mol. The number of aromatic nitrogens is 3. The number of piperazine rings is 1. The summed E-state index contributed by atoms with van der Waals surface area (Å²) < 4.78 is 39.6. The van der Waals surface area contributed by atoms with Crippen molar-refractivity contribution in [1.29, 1.82) is 5.26 Å². The van der Waals surface area contributed by atoms with Crippen molar-refractivity contribution in [2.75, 3.05) is 31.6 Å². The number of nitriles is 1. The van der Waals surface area contributed by atoms with Gasteiger partial charge < -0.3 is 15.2 Å². The minimum atomic E-state index is -4.77. The van der Waals surface area contributed by atoms with Crippen molar-refractivity contribution in [2.24, 2.45) is 0 Å². The Balaban J connectivity index is 1.51. The van der Waals surface area contributed by atoms with Gasteiger partial charge in [-0.25, -0.2) is 4.98 Å². The number of hydrogen-bond donors (Lipinski definition) is 2. The fourth-order valence-corrected chi connectivity index (χ4v) is 4.28. The third kappa shape index (κ3) is 4.81. The zero-order valence-electron chi connectivity index (χ0n) is 19.0. The lowest BCUT2D eigenvalue weighted by atomic mass is 10.1. The SMILES string of the molecule is CNC(=O)c1ccc(N2CCN(Cc3cnc4c(C)c(C(F)(F)F)c(=O)[nH]c4c3)CC2C#N)cn1. The van der Waals surface area contributed by atoms with Gasteiger partial charge in [0.05, 0.1) is 29.0 Å². The number of aromatic amines is 1. The average Bonchev–Trinajstić information content (AvgIpc) is 2.82. The number of carbonyl (C=O) groups excluding carboxylic acids is 1. The van der Waals surface area contributed by atoms with Gasteiger partial charge in [-0.3, -0.25) is 19.5 Å². The summed E-state index contributed by atoms with van der Waals surface area (Å²) in [5.41, 5.74) is -0.616. The van der Waals surface area contributed by atoms with Gasteiger partial charge in [0.1, 0.15) is 17.3 Å². The predicted octanol–water partition coefficient (Wildman–Crippen LogP) is 2.22. The zero-order chi connectivity index (χ0) is 25.3. The number of carbonyl (C=O) groups is 1. The molecule has 1 unspecified atom stereocenters. The van der Waals surface area contributed by atoms with Crippen LogP contribution in [0.2, 0.25) is 0 Å².